The van der Waals surface area contributed by atoms with Crippen molar-refractivity contribution in [2.75, 3.05) is 5.32 Å². The third-order valence-corrected chi connectivity index (χ3v) is 10.8. The van der Waals surface area contributed by atoms with E-state index in [1.807, 2.05) is 18.2 Å². The number of anilines is 2. The summed E-state index contributed by atoms with van der Waals surface area (Å²) in [5.41, 5.74) is 13.4. The second-order valence-electron chi connectivity index (χ2n) is 18.3. The zero-order valence-corrected chi connectivity index (χ0v) is 37.7. The van der Waals surface area contributed by atoms with Crippen LogP contribution in [0.4, 0.5) is 11.6 Å². The molecule has 300 valence electrons. The summed E-state index contributed by atoms with van der Waals surface area (Å²) >= 11 is 0. The van der Waals surface area contributed by atoms with E-state index >= 15 is 0 Å². The fraction of sp³-hybridized carbons (Fsp3) is 0.226. The first-order valence-corrected chi connectivity index (χ1v) is 20.2. The summed E-state index contributed by atoms with van der Waals surface area (Å²) in [7, 11) is 0. The molecule has 8 rings (SSSR count). The maximum absolute atomic E-state index is 5.36. The number of nitrogens with zero attached hydrogens (tertiary/aromatic N) is 4. The van der Waals surface area contributed by atoms with Crippen LogP contribution in [0.1, 0.15) is 79.0 Å². The fourth-order valence-electron chi connectivity index (χ4n) is 7.37. The Labute approximate surface area is 364 Å². The van der Waals surface area contributed by atoms with E-state index in [9.17, 15) is 0 Å². The minimum atomic E-state index is -0.179. The number of benzene rings is 5. The molecular formula is C53H52N5Pt-. The Morgan fingerprint density at radius 1 is 0.492 bits per heavy atom. The summed E-state index contributed by atoms with van der Waals surface area (Å²) in [5, 5.41) is 3.67. The van der Waals surface area contributed by atoms with Crippen molar-refractivity contribution in [1.29, 1.82) is 0 Å². The standard InChI is InChI=1S/C53H52N5.Pt/c1-51(2,3)39-24-18-23-37(29-39)44-30-38(35-19-12-10-13-20-35)31-48(54-44)57-49-34-41(53(7,8)9)33-45(55-49)50-56-43-25-16-17-26-47(43)58(50)46-28-27-40(52(4,5)6)32-42(46)36-21-14-11-15-22-36;/h10-22,24-34H,1-9H3,(H,54,55,57);/q-1;. The summed E-state index contributed by atoms with van der Waals surface area (Å²) in [6.07, 6.45) is 0. The van der Waals surface area contributed by atoms with Crippen molar-refractivity contribution in [1.82, 2.24) is 19.5 Å². The third kappa shape index (κ3) is 8.87. The monoisotopic (exact) mass is 953 g/mol. The molecule has 3 aromatic heterocycles. The Kier molecular flexibility index (Phi) is 11.4. The van der Waals surface area contributed by atoms with Gasteiger partial charge in [0.15, 0.2) is 5.82 Å². The van der Waals surface area contributed by atoms with Crippen molar-refractivity contribution >= 4 is 22.7 Å². The van der Waals surface area contributed by atoms with Crippen molar-refractivity contribution in [3.05, 3.63) is 168 Å². The molecule has 0 atom stereocenters. The van der Waals surface area contributed by atoms with Gasteiger partial charge in [-0.2, -0.15) is 0 Å². The number of hydrogen-bond acceptors (Lipinski definition) is 4. The Balaban J connectivity index is 0.00000528. The molecule has 0 saturated heterocycles. The van der Waals surface area contributed by atoms with Gasteiger partial charge in [-0.3, -0.25) is 9.55 Å². The zero-order valence-electron chi connectivity index (χ0n) is 35.5. The van der Waals surface area contributed by atoms with Gasteiger partial charge in [-0.15, -0.1) is 35.4 Å². The molecule has 0 bridgehead atoms. The predicted octanol–water partition coefficient (Wildman–Crippen LogP) is 13.9. The normalized spacial score (nSPS) is 12.0. The molecule has 0 radical (unpaired) electrons. The van der Waals surface area contributed by atoms with Crippen LogP contribution in [-0.2, 0) is 37.3 Å². The van der Waals surface area contributed by atoms with E-state index in [4.69, 9.17) is 15.0 Å². The van der Waals surface area contributed by atoms with E-state index < -0.39 is 0 Å². The minimum absolute atomic E-state index is 0. The number of nitrogens with one attached hydrogen (secondary N) is 1. The van der Waals surface area contributed by atoms with Crippen molar-refractivity contribution < 1.29 is 21.1 Å². The van der Waals surface area contributed by atoms with E-state index in [0.29, 0.717) is 11.6 Å². The van der Waals surface area contributed by atoms with E-state index in [0.717, 1.165) is 67.3 Å². The van der Waals surface area contributed by atoms with Gasteiger partial charge in [0.05, 0.1) is 16.7 Å². The smallest absolute Gasteiger partial charge is 0.164 e. The van der Waals surface area contributed by atoms with Crippen LogP contribution in [0.5, 0.6) is 0 Å². The Hall–Kier alpha value is -5.64. The molecule has 59 heavy (non-hydrogen) atoms. The van der Waals surface area contributed by atoms with Crippen LogP contribution in [0.2, 0.25) is 0 Å². The Bertz CT molecular complexity index is 2750. The van der Waals surface area contributed by atoms with Crippen molar-refractivity contribution in [2.45, 2.75) is 78.6 Å². The van der Waals surface area contributed by atoms with Crippen LogP contribution in [0.3, 0.4) is 0 Å². The van der Waals surface area contributed by atoms with Gasteiger partial charge in [-0.1, -0.05) is 147 Å². The first-order valence-electron chi connectivity index (χ1n) is 20.2. The number of imidazole rings is 1. The number of rotatable bonds is 7. The van der Waals surface area contributed by atoms with Gasteiger partial charge in [-0.25, -0.2) is 9.97 Å². The maximum atomic E-state index is 5.36. The molecule has 0 aliphatic rings. The van der Waals surface area contributed by atoms with Gasteiger partial charge in [0.25, 0.3) is 0 Å². The van der Waals surface area contributed by atoms with E-state index in [2.05, 4.69) is 206 Å². The van der Waals surface area contributed by atoms with Gasteiger partial charge in [-0.05, 0) is 92.2 Å². The van der Waals surface area contributed by atoms with Gasteiger partial charge in [0.2, 0.25) is 0 Å². The summed E-state index contributed by atoms with van der Waals surface area (Å²) in [6, 6.07) is 54.8. The molecule has 6 heteroatoms. The molecule has 0 amide bonds. The molecule has 8 aromatic rings. The number of para-hydroxylation sites is 2. The fourth-order valence-corrected chi connectivity index (χ4v) is 7.37. The molecular weight excluding hydrogens is 902 g/mol. The van der Waals surface area contributed by atoms with Crippen LogP contribution in [0.25, 0.3) is 61.8 Å². The van der Waals surface area contributed by atoms with Crippen molar-refractivity contribution in [2.24, 2.45) is 0 Å². The summed E-state index contributed by atoms with van der Waals surface area (Å²) in [4.78, 5) is 15.9. The van der Waals surface area contributed by atoms with Crippen LogP contribution < -0.4 is 5.32 Å². The molecule has 1 N–H and O–H groups in total. The summed E-state index contributed by atoms with van der Waals surface area (Å²) in [5.74, 6) is 2.17. The van der Waals surface area contributed by atoms with Crippen LogP contribution in [-0.4, -0.2) is 19.5 Å². The molecule has 0 saturated carbocycles. The predicted molar refractivity (Wildman–Crippen MR) is 243 cm³/mol. The molecule has 3 heterocycles. The van der Waals surface area contributed by atoms with Gasteiger partial charge < -0.3 is 5.32 Å². The topological polar surface area (TPSA) is 55.6 Å². The Morgan fingerprint density at radius 3 is 1.76 bits per heavy atom. The quantitative estimate of drug-likeness (QED) is 0.162. The second-order valence-corrected chi connectivity index (χ2v) is 18.3. The van der Waals surface area contributed by atoms with Crippen LogP contribution in [0, 0.1) is 6.07 Å². The number of fused-ring (bicyclic) bond motifs is 1. The van der Waals surface area contributed by atoms with E-state index in [1.165, 1.54) is 11.1 Å². The molecule has 0 spiro atoms. The average Bonchev–Trinajstić information content (AvgIpc) is 3.60. The molecule has 5 aromatic carbocycles. The van der Waals surface area contributed by atoms with Gasteiger partial charge in [0, 0.05) is 26.6 Å². The van der Waals surface area contributed by atoms with Gasteiger partial charge >= 0.3 is 0 Å². The molecule has 0 aliphatic carbocycles. The largest absolute Gasteiger partial charge is 0.326 e. The zero-order chi connectivity index (χ0) is 40.8. The number of aromatic nitrogens is 4. The summed E-state index contributed by atoms with van der Waals surface area (Å²) < 4.78 is 2.28. The first-order chi connectivity index (χ1) is 27.6. The van der Waals surface area contributed by atoms with E-state index in [-0.39, 0.29) is 37.3 Å². The van der Waals surface area contributed by atoms with Gasteiger partial charge in [0.1, 0.15) is 17.3 Å². The average molecular weight is 954 g/mol. The third-order valence-electron chi connectivity index (χ3n) is 10.8. The molecule has 0 fully saturated rings. The van der Waals surface area contributed by atoms with Crippen molar-refractivity contribution in [3.8, 4) is 50.7 Å². The number of hydrogen-bond donors (Lipinski definition) is 1. The van der Waals surface area contributed by atoms with Crippen molar-refractivity contribution in [3.63, 3.8) is 0 Å². The number of pyridine rings is 2. The molecule has 0 aliphatic heterocycles. The first kappa shape index (κ1) is 41.5. The molecule has 0 unspecified atom stereocenters. The second kappa shape index (κ2) is 16.2. The minimum Gasteiger partial charge on any atom is -0.326 e. The molecule has 5 nitrogen and oxygen atoms in total. The Morgan fingerprint density at radius 2 is 1.08 bits per heavy atom. The van der Waals surface area contributed by atoms with Crippen LogP contribution >= 0.6 is 0 Å². The van der Waals surface area contributed by atoms with E-state index in [1.54, 1.807) is 0 Å². The maximum Gasteiger partial charge on any atom is 0.164 e. The van der Waals surface area contributed by atoms with Crippen LogP contribution in [0.15, 0.2) is 146 Å². The SMILES string of the molecule is CC(C)(C)c1cc[c-]c(-c2cc(-c3ccccc3)cc(Nc3cc(C(C)(C)C)cc(-c4nc5ccccc5n4-c4ccc(C(C)(C)C)cc4-c4ccccc4)n3)n2)c1.[Pt]. The summed E-state index contributed by atoms with van der Waals surface area (Å²) in [6.45, 7) is 20.2.